The monoisotopic (exact) mass is 1150 g/mol. The van der Waals surface area contributed by atoms with Gasteiger partial charge in [-0.1, -0.05) is 25.3 Å². The van der Waals surface area contributed by atoms with Gasteiger partial charge in [0.1, 0.15) is 62.4 Å². The van der Waals surface area contributed by atoms with Crippen molar-refractivity contribution in [3.8, 4) is 29.0 Å². The number of carboxylic acids is 1. The number of carbonyl (C=O) groups excluding carboxylic acids is 6. The van der Waals surface area contributed by atoms with Crippen LogP contribution in [-0.2, 0) is 79.4 Å². The number of ketones is 1. The van der Waals surface area contributed by atoms with Gasteiger partial charge in [0.05, 0.1) is 53.8 Å². The zero-order valence-corrected chi connectivity index (χ0v) is 45.4. The van der Waals surface area contributed by atoms with Crippen LogP contribution in [0.4, 0.5) is 9.18 Å². The highest BCUT2D eigenvalue weighted by molar-refractivity contribution is 5.97. The van der Waals surface area contributed by atoms with Gasteiger partial charge in [-0.15, -0.1) is 5.92 Å². The molecular formula is C57H63FN6O19. The fourth-order valence-corrected chi connectivity index (χ4v) is 10.8. The van der Waals surface area contributed by atoms with E-state index in [0.29, 0.717) is 63.8 Å². The van der Waals surface area contributed by atoms with E-state index in [0.717, 1.165) is 25.7 Å². The fourth-order valence-electron chi connectivity index (χ4n) is 10.8. The molecule has 2 aliphatic carbocycles. The Morgan fingerprint density at radius 2 is 1.72 bits per heavy atom. The molecule has 8 atom stereocenters. The van der Waals surface area contributed by atoms with Gasteiger partial charge < -0.3 is 79.8 Å². The first-order valence-electron chi connectivity index (χ1n) is 27.3. The van der Waals surface area contributed by atoms with E-state index in [2.05, 4.69) is 33.1 Å². The normalized spacial score (nSPS) is 23.1. The average molecular weight is 1160 g/mol. The molecular weight excluding hydrogens is 1090 g/mol. The number of aryl methyl sites for hydroxylation is 1. The number of aliphatic hydroxyl groups excluding tert-OH is 3. The van der Waals surface area contributed by atoms with Crippen molar-refractivity contribution in [2.45, 2.75) is 140 Å². The summed E-state index contributed by atoms with van der Waals surface area (Å²) in [6.45, 7) is 0.962. The van der Waals surface area contributed by atoms with Gasteiger partial charge >= 0.3 is 18.0 Å². The van der Waals surface area contributed by atoms with Gasteiger partial charge in [-0.2, -0.15) is 0 Å². The SMILES string of the molecule is CC[C@@]1(O)C(=O)OCc2c1cc1n(c2=O)Cc2c-1nc1cc(F)c(C)c3c1c2[C@@H](NC(=O)COCCC(=O)CNC(=O)OCc1ccc(O[C@@H]2O[C@H](C(=O)O)[C@@H](O)[C@H](O)[C@H]2O)c(C(=O)NCCNC(=O)COC2C#CCCCCC2)c1)CC3. The van der Waals surface area contributed by atoms with Gasteiger partial charge in [0.25, 0.3) is 11.5 Å². The second-order valence-electron chi connectivity index (χ2n) is 20.8. The number of Topliss-reactive ketones (excluding diaryl/α,β-unsaturated/α-hetero) is 1. The highest BCUT2D eigenvalue weighted by atomic mass is 19.1. The zero-order chi connectivity index (χ0) is 59.3. The third-order valence-electron chi connectivity index (χ3n) is 15.3. The molecule has 26 heteroatoms. The first-order valence-corrected chi connectivity index (χ1v) is 27.3. The van der Waals surface area contributed by atoms with E-state index in [4.69, 9.17) is 33.4 Å². The van der Waals surface area contributed by atoms with Crippen molar-refractivity contribution in [1.29, 1.82) is 0 Å². The molecule has 1 saturated heterocycles. The molecule has 4 aromatic rings. The van der Waals surface area contributed by atoms with Crippen LogP contribution in [0.25, 0.3) is 22.3 Å². The van der Waals surface area contributed by atoms with Crippen LogP contribution < -0.4 is 31.6 Å². The molecule has 0 spiro atoms. The molecule has 5 aliphatic rings. The summed E-state index contributed by atoms with van der Waals surface area (Å²) < 4.78 is 49.5. The van der Waals surface area contributed by atoms with E-state index < -0.39 is 115 Å². The summed E-state index contributed by atoms with van der Waals surface area (Å²) in [7, 11) is 0. The van der Waals surface area contributed by atoms with Crippen LogP contribution in [0.5, 0.6) is 5.75 Å². The Balaban J connectivity index is 0.773. The lowest BCUT2D eigenvalue weighted by molar-refractivity contribution is -0.271. The van der Waals surface area contributed by atoms with Gasteiger partial charge in [0, 0.05) is 48.5 Å². The molecule has 442 valence electrons. The smallest absolute Gasteiger partial charge is 0.407 e. The maximum absolute atomic E-state index is 15.4. The number of carbonyl (C=O) groups is 7. The first-order chi connectivity index (χ1) is 39.8. The van der Waals surface area contributed by atoms with E-state index in [-0.39, 0.29) is 86.4 Å². The lowest BCUT2D eigenvalue weighted by atomic mass is 9.81. The molecule has 83 heavy (non-hydrogen) atoms. The predicted molar refractivity (Wildman–Crippen MR) is 284 cm³/mol. The molecule has 0 saturated carbocycles. The Morgan fingerprint density at radius 3 is 2.51 bits per heavy atom. The number of carboxylic acid groups (broad SMARTS) is 1. The van der Waals surface area contributed by atoms with E-state index >= 15 is 4.39 Å². The third-order valence-corrected chi connectivity index (χ3v) is 15.3. The Hall–Kier alpha value is -7.90. The standard InChI is InChI=1S/C57H63FN6O19/c1-3-57(77)36-20-40-46-34(23-64(40)52(72)35(36)25-80-55(57)75)45-38(13-12-32-28(2)37(58)21-39(63-46)44(32)45)62-43(67)26-78-18-15-30(65)22-61-56(76)81-24-29-11-14-41(82-54-49(70)47(68)48(69)50(83-54)53(73)74)33(19-29)51(71)60-17-16-59-42(66)27-79-31-9-7-5-4-6-8-10-31/h11,14,19-21,31,38,47-50,54,68-70,77H,3-7,9,12-13,15-18,22-27H2,1-2H3,(H,59,66)(H,60,71)(H,61,76)(H,62,67)(H,73,74)/t31?,38-,47-,48-,49+,50-,54+,57-/m0/s1. The fraction of sp³-hybridized carbons (Fsp3) is 0.491. The van der Waals surface area contributed by atoms with Gasteiger partial charge in [-0.3, -0.25) is 24.0 Å². The molecule has 1 unspecified atom stereocenters. The zero-order valence-electron chi connectivity index (χ0n) is 45.4. The van der Waals surface area contributed by atoms with Crippen LogP contribution in [-0.4, -0.2) is 153 Å². The molecule has 1 fully saturated rings. The number of nitrogens with one attached hydrogen (secondary N) is 4. The molecule has 0 radical (unpaired) electrons. The second-order valence-corrected chi connectivity index (χ2v) is 20.8. The summed E-state index contributed by atoms with van der Waals surface area (Å²) in [5, 5.41) is 63.2. The second kappa shape index (κ2) is 25.7. The number of hydrogen-bond acceptors (Lipinski definition) is 19. The lowest BCUT2D eigenvalue weighted by Gasteiger charge is -2.38. The van der Waals surface area contributed by atoms with E-state index in [1.807, 2.05) is 0 Å². The topological polar surface area (TPSA) is 359 Å². The van der Waals surface area contributed by atoms with Crippen molar-refractivity contribution >= 4 is 52.4 Å². The number of esters is 1. The number of aliphatic carboxylic acids is 1. The summed E-state index contributed by atoms with van der Waals surface area (Å²) in [6, 6.07) is 6.05. The highest BCUT2D eigenvalue weighted by Crippen LogP contribution is 2.46. The summed E-state index contributed by atoms with van der Waals surface area (Å²) in [5.41, 5.74) is 1.03. The molecule has 3 aliphatic heterocycles. The van der Waals surface area contributed by atoms with Gasteiger partial charge in [-0.05, 0) is 85.9 Å². The van der Waals surface area contributed by atoms with E-state index in [1.165, 1.54) is 28.8 Å². The molecule has 5 heterocycles. The van der Waals surface area contributed by atoms with Crippen LogP contribution in [0.1, 0.15) is 114 Å². The van der Waals surface area contributed by atoms with Gasteiger partial charge in [0.2, 0.25) is 18.1 Å². The van der Waals surface area contributed by atoms with Crippen LogP contribution in [0.15, 0.2) is 35.1 Å². The van der Waals surface area contributed by atoms with Crippen molar-refractivity contribution in [1.82, 2.24) is 30.8 Å². The summed E-state index contributed by atoms with van der Waals surface area (Å²) in [5.74, 6) is 0.478. The summed E-state index contributed by atoms with van der Waals surface area (Å²) in [6.07, 6.45) is -6.39. The van der Waals surface area contributed by atoms with Crippen molar-refractivity contribution < 1.29 is 91.9 Å². The average Bonchev–Trinajstić information content (AvgIpc) is 1.97. The minimum Gasteiger partial charge on any atom is -0.479 e. The van der Waals surface area contributed by atoms with Gasteiger partial charge in [0.15, 0.2) is 17.5 Å². The van der Waals surface area contributed by atoms with Crippen LogP contribution in [0.3, 0.4) is 0 Å². The molecule has 25 nitrogen and oxygen atoms in total. The Labute approximate surface area is 473 Å². The van der Waals surface area contributed by atoms with Crippen LogP contribution in [0, 0.1) is 24.6 Å². The summed E-state index contributed by atoms with van der Waals surface area (Å²) in [4.78, 5) is 108. The highest BCUT2D eigenvalue weighted by Gasteiger charge is 2.49. The number of halogens is 1. The number of aromatic nitrogens is 2. The Bertz CT molecular complexity index is 3380. The molecule has 9 rings (SSSR count). The largest absolute Gasteiger partial charge is 0.479 e. The Morgan fingerprint density at radius 1 is 0.928 bits per heavy atom. The number of fused-ring (bicyclic) bond motifs is 5. The minimum atomic E-state index is -2.06. The van der Waals surface area contributed by atoms with Crippen molar-refractivity contribution in [3.05, 3.63) is 91.0 Å². The van der Waals surface area contributed by atoms with Crippen LogP contribution >= 0.6 is 0 Å². The molecule has 4 amide bonds. The Kier molecular flexibility index (Phi) is 18.5. The minimum absolute atomic E-state index is 0.0298. The number of amides is 4. The number of hydrogen-bond donors (Lipinski definition) is 9. The molecule has 2 aromatic carbocycles. The van der Waals surface area contributed by atoms with Crippen molar-refractivity contribution in [3.63, 3.8) is 0 Å². The number of alkyl carbamates (subject to hydrolysis) is 1. The first kappa shape index (κ1) is 59.7. The molecule has 2 aromatic heterocycles. The number of ether oxygens (including phenoxy) is 6. The number of rotatable bonds is 21. The third kappa shape index (κ3) is 12.9. The molecule has 0 bridgehead atoms. The number of pyridine rings is 2. The number of nitrogens with zero attached hydrogens (tertiary/aromatic N) is 2. The van der Waals surface area contributed by atoms with Crippen molar-refractivity contribution in [2.24, 2.45) is 0 Å². The van der Waals surface area contributed by atoms with E-state index in [9.17, 15) is 63.9 Å². The number of aliphatic hydroxyl groups is 4. The summed E-state index contributed by atoms with van der Waals surface area (Å²) >= 11 is 0. The number of benzene rings is 2. The maximum atomic E-state index is 15.4. The van der Waals surface area contributed by atoms with Gasteiger partial charge in [-0.25, -0.2) is 23.8 Å². The van der Waals surface area contributed by atoms with Crippen LogP contribution in [0.2, 0.25) is 0 Å². The van der Waals surface area contributed by atoms with E-state index in [1.54, 1.807) is 19.9 Å². The lowest BCUT2D eigenvalue weighted by Crippen LogP contribution is -2.61. The predicted octanol–water partition coefficient (Wildman–Crippen LogP) is 1.00. The maximum Gasteiger partial charge on any atom is 0.407 e. The van der Waals surface area contributed by atoms with Crippen molar-refractivity contribution in [2.75, 3.05) is 39.5 Å². The molecule has 9 N–H and O–H groups in total. The quantitative estimate of drug-likeness (QED) is 0.0281. The number of cyclic esters (lactones) is 1.